The van der Waals surface area contributed by atoms with Crippen molar-refractivity contribution >= 4 is 26.0 Å². The SMILES string of the molecule is NS(=O)(=O)c1nc(Br)ccc1C(F)F. The molecule has 4 nitrogen and oxygen atoms in total. The zero-order valence-corrected chi connectivity index (χ0v) is 9.02. The van der Waals surface area contributed by atoms with Gasteiger partial charge >= 0.3 is 0 Å². The van der Waals surface area contributed by atoms with Gasteiger partial charge in [-0.1, -0.05) is 0 Å². The summed E-state index contributed by atoms with van der Waals surface area (Å²) >= 11 is 2.86. The molecular weight excluding hydrogens is 282 g/mol. The first-order valence-corrected chi connectivity index (χ1v) is 5.63. The lowest BCUT2D eigenvalue weighted by Gasteiger charge is -2.05. The van der Waals surface area contributed by atoms with Gasteiger partial charge in [0, 0.05) is 0 Å². The van der Waals surface area contributed by atoms with Gasteiger partial charge in [0.05, 0.1) is 5.56 Å². The molecule has 1 heterocycles. The van der Waals surface area contributed by atoms with Gasteiger partial charge in [-0.3, -0.25) is 0 Å². The highest BCUT2D eigenvalue weighted by Gasteiger charge is 2.22. The number of primary sulfonamides is 1. The molecule has 0 saturated carbocycles. The predicted molar refractivity (Wildman–Crippen MR) is 48.3 cm³/mol. The Labute approximate surface area is 87.3 Å². The molecule has 78 valence electrons. The smallest absolute Gasteiger partial charge is 0.227 e. The van der Waals surface area contributed by atoms with Crippen LogP contribution in [0.3, 0.4) is 0 Å². The van der Waals surface area contributed by atoms with Crippen molar-refractivity contribution in [3.05, 3.63) is 22.3 Å². The molecule has 0 atom stereocenters. The number of rotatable bonds is 2. The average Bonchev–Trinajstić information content (AvgIpc) is 2.01. The zero-order valence-electron chi connectivity index (χ0n) is 6.62. The van der Waals surface area contributed by atoms with E-state index < -0.39 is 27.0 Å². The summed E-state index contributed by atoms with van der Waals surface area (Å²) in [5.74, 6) is 0. The van der Waals surface area contributed by atoms with Crippen LogP contribution in [0.2, 0.25) is 0 Å². The average molecular weight is 287 g/mol. The molecule has 0 saturated heterocycles. The Morgan fingerprint density at radius 1 is 1.43 bits per heavy atom. The van der Waals surface area contributed by atoms with Crippen LogP contribution in [0.1, 0.15) is 12.0 Å². The third-order valence-electron chi connectivity index (χ3n) is 1.36. The van der Waals surface area contributed by atoms with E-state index in [1.54, 1.807) is 0 Å². The number of sulfonamides is 1. The first kappa shape index (κ1) is 11.5. The molecule has 0 unspecified atom stereocenters. The number of hydrogen-bond donors (Lipinski definition) is 1. The molecule has 1 aromatic heterocycles. The second-order valence-electron chi connectivity index (χ2n) is 2.37. The second kappa shape index (κ2) is 3.87. The lowest BCUT2D eigenvalue weighted by Crippen LogP contribution is -2.16. The van der Waals surface area contributed by atoms with Crippen LogP contribution in [-0.2, 0) is 10.0 Å². The number of nitrogens with zero attached hydrogens (tertiary/aromatic N) is 1. The summed E-state index contributed by atoms with van der Waals surface area (Å²) in [6.07, 6.45) is -2.93. The van der Waals surface area contributed by atoms with Crippen molar-refractivity contribution in [2.24, 2.45) is 5.14 Å². The van der Waals surface area contributed by atoms with Crippen molar-refractivity contribution in [3.63, 3.8) is 0 Å². The fourth-order valence-electron chi connectivity index (χ4n) is 0.823. The van der Waals surface area contributed by atoms with E-state index in [2.05, 4.69) is 20.9 Å². The normalized spacial score (nSPS) is 12.1. The molecule has 1 rings (SSSR count). The minimum Gasteiger partial charge on any atom is -0.227 e. The molecular formula is C6H5BrF2N2O2S. The first-order valence-electron chi connectivity index (χ1n) is 3.30. The van der Waals surface area contributed by atoms with Crippen LogP contribution < -0.4 is 5.14 Å². The topological polar surface area (TPSA) is 73.1 Å². The van der Waals surface area contributed by atoms with Gasteiger partial charge in [-0.05, 0) is 28.1 Å². The van der Waals surface area contributed by atoms with Gasteiger partial charge in [0.25, 0.3) is 16.4 Å². The molecule has 8 heteroatoms. The summed E-state index contributed by atoms with van der Waals surface area (Å²) in [5.41, 5.74) is -0.698. The van der Waals surface area contributed by atoms with Crippen molar-refractivity contribution in [2.45, 2.75) is 11.5 Å². The summed E-state index contributed by atoms with van der Waals surface area (Å²) in [4.78, 5) is 3.39. The third-order valence-corrected chi connectivity index (χ3v) is 2.67. The molecule has 0 aliphatic carbocycles. The summed E-state index contributed by atoms with van der Waals surface area (Å²) in [6.45, 7) is 0. The van der Waals surface area contributed by atoms with Crippen molar-refractivity contribution in [2.75, 3.05) is 0 Å². The van der Waals surface area contributed by atoms with E-state index in [0.29, 0.717) is 0 Å². The van der Waals surface area contributed by atoms with Gasteiger partial charge in [-0.25, -0.2) is 27.3 Å². The summed E-state index contributed by atoms with van der Waals surface area (Å²) in [5, 5.41) is 3.92. The minimum atomic E-state index is -4.22. The first-order chi connectivity index (χ1) is 6.32. The van der Waals surface area contributed by atoms with Crippen LogP contribution in [-0.4, -0.2) is 13.4 Å². The maximum absolute atomic E-state index is 12.3. The predicted octanol–water partition coefficient (Wildman–Crippen LogP) is 1.43. The fourth-order valence-corrected chi connectivity index (χ4v) is 1.96. The Hall–Kier alpha value is -0.600. The quantitative estimate of drug-likeness (QED) is 0.836. The van der Waals surface area contributed by atoms with Gasteiger partial charge in [-0.15, -0.1) is 0 Å². The van der Waals surface area contributed by atoms with Crippen LogP contribution >= 0.6 is 15.9 Å². The van der Waals surface area contributed by atoms with Crippen molar-refractivity contribution in [1.29, 1.82) is 0 Å². The van der Waals surface area contributed by atoms with Crippen LogP contribution in [0, 0.1) is 0 Å². The van der Waals surface area contributed by atoms with Crippen LogP contribution in [0.5, 0.6) is 0 Å². The summed E-state index contributed by atoms with van der Waals surface area (Å²) < 4.78 is 46.5. The number of nitrogens with two attached hydrogens (primary N) is 1. The van der Waals surface area contributed by atoms with Crippen molar-refractivity contribution in [1.82, 2.24) is 4.98 Å². The molecule has 14 heavy (non-hydrogen) atoms. The highest BCUT2D eigenvalue weighted by atomic mass is 79.9. The molecule has 0 aliphatic rings. The Bertz CT molecular complexity index is 449. The van der Waals surface area contributed by atoms with E-state index in [-0.39, 0.29) is 4.60 Å². The molecule has 0 aliphatic heterocycles. The minimum absolute atomic E-state index is 0.130. The van der Waals surface area contributed by atoms with Gasteiger partial charge in [-0.2, -0.15) is 0 Å². The number of pyridine rings is 1. The molecule has 0 radical (unpaired) electrons. The van der Waals surface area contributed by atoms with E-state index in [1.807, 2.05) is 0 Å². The molecule has 0 fully saturated rings. The standard InChI is InChI=1S/C6H5BrF2N2O2S/c7-4-2-1-3(5(8)9)6(11-4)14(10,12)13/h1-2,5H,(H2,10,12,13). The summed E-state index contributed by atoms with van der Waals surface area (Å²) in [6, 6.07) is 2.18. The maximum Gasteiger partial charge on any atom is 0.266 e. The molecule has 0 amide bonds. The van der Waals surface area contributed by atoms with Gasteiger partial charge in [0.1, 0.15) is 4.60 Å². The van der Waals surface area contributed by atoms with E-state index in [9.17, 15) is 17.2 Å². The Balaban J connectivity index is 3.46. The van der Waals surface area contributed by atoms with Gasteiger partial charge in [0.2, 0.25) is 0 Å². The molecule has 0 spiro atoms. The van der Waals surface area contributed by atoms with E-state index in [4.69, 9.17) is 5.14 Å². The van der Waals surface area contributed by atoms with Crippen LogP contribution in [0.25, 0.3) is 0 Å². The monoisotopic (exact) mass is 286 g/mol. The zero-order chi connectivity index (χ0) is 10.9. The third kappa shape index (κ3) is 2.46. The van der Waals surface area contributed by atoms with E-state index >= 15 is 0 Å². The van der Waals surface area contributed by atoms with E-state index in [1.165, 1.54) is 6.07 Å². The maximum atomic E-state index is 12.3. The highest BCUT2D eigenvalue weighted by Crippen LogP contribution is 2.25. The van der Waals surface area contributed by atoms with Gasteiger partial charge < -0.3 is 0 Å². The highest BCUT2D eigenvalue weighted by molar-refractivity contribution is 9.10. The fraction of sp³-hybridized carbons (Fsp3) is 0.167. The largest absolute Gasteiger partial charge is 0.266 e. The summed E-state index contributed by atoms with van der Waals surface area (Å²) in [7, 11) is -4.22. The Morgan fingerprint density at radius 3 is 2.43 bits per heavy atom. The van der Waals surface area contributed by atoms with Crippen molar-refractivity contribution in [3.8, 4) is 0 Å². The number of aromatic nitrogens is 1. The van der Waals surface area contributed by atoms with Gasteiger partial charge in [0.15, 0.2) is 5.03 Å². The number of alkyl halides is 2. The Kier molecular flexibility index (Phi) is 3.17. The van der Waals surface area contributed by atoms with Crippen LogP contribution in [0.15, 0.2) is 21.8 Å². The molecule has 2 N–H and O–H groups in total. The molecule has 1 aromatic rings. The second-order valence-corrected chi connectivity index (χ2v) is 4.66. The lowest BCUT2D eigenvalue weighted by molar-refractivity contribution is 0.147. The van der Waals surface area contributed by atoms with Crippen LogP contribution in [0.4, 0.5) is 8.78 Å². The lowest BCUT2D eigenvalue weighted by atomic mass is 10.3. The number of halogens is 3. The number of hydrogen-bond acceptors (Lipinski definition) is 3. The Morgan fingerprint density at radius 2 is 2.00 bits per heavy atom. The van der Waals surface area contributed by atoms with E-state index in [0.717, 1.165) is 6.07 Å². The molecule has 0 aromatic carbocycles. The van der Waals surface area contributed by atoms with Crippen molar-refractivity contribution < 1.29 is 17.2 Å². The molecule has 0 bridgehead atoms.